The maximum atomic E-state index is 11.3. The lowest BCUT2D eigenvalue weighted by atomic mass is 10.2. The van der Waals surface area contributed by atoms with Gasteiger partial charge in [0.15, 0.2) is 5.58 Å². The van der Waals surface area contributed by atoms with Gasteiger partial charge < -0.3 is 9.73 Å². The molecule has 1 N–H and O–H groups in total. The molecule has 0 saturated heterocycles. The fourth-order valence-electron chi connectivity index (χ4n) is 1.92. The minimum Gasteiger partial charge on any atom is -0.436 e. The number of aromatic nitrogens is 1. The van der Waals surface area contributed by atoms with E-state index >= 15 is 0 Å². The minimum absolute atomic E-state index is 0.0786. The normalized spacial score (nSPS) is 10.8. The molecule has 106 valence electrons. The van der Waals surface area contributed by atoms with Gasteiger partial charge in [0.05, 0.1) is 0 Å². The summed E-state index contributed by atoms with van der Waals surface area (Å²) in [7, 11) is 0. The lowest BCUT2D eigenvalue weighted by Crippen LogP contribution is -2.12. The van der Waals surface area contributed by atoms with Gasteiger partial charge in [-0.2, -0.15) is 0 Å². The Morgan fingerprint density at radius 1 is 1.24 bits per heavy atom. The van der Waals surface area contributed by atoms with E-state index in [1.807, 2.05) is 24.3 Å². The number of hydrogen-bond donors (Lipinski definition) is 1. The van der Waals surface area contributed by atoms with Crippen LogP contribution in [-0.2, 0) is 4.79 Å². The summed E-state index contributed by atoms with van der Waals surface area (Å²) in [5.41, 5.74) is 2.93. The first kappa shape index (κ1) is 14.3. The summed E-state index contributed by atoms with van der Waals surface area (Å²) in [6.45, 7) is 0. The fourth-order valence-corrected chi connectivity index (χ4v) is 2.34. The molecule has 1 aromatic heterocycles. The molecule has 0 fully saturated rings. The maximum Gasteiger partial charge on any atom is 0.239 e. The van der Waals surface area contributed by atoms with E-state index in [0.29, 0.717) is 22.7 Å². The Morgan fingerprint density at radius 2 is 2.00 bits per heavy atom. The molecule has 0 aliphatic rings. The Balaban J connectivity index is 1.96. The molecule has 4 nitrogen and oxygen atoms in total. The van der Waals surface area contributed by atoms with Gasteiger partial charge in [0.1, 0.15) is 11.4 Å². The van der Waals surface area contributed by atoms with Gasteiger partial charge in [-0.15, -0.1) is 11.6 Å². The number of carbonyl (C=O) groups is 1. The predicted molar refractivity (Wildman–Crippen MR) is 91.5 cm³/mol. The molecule has 0 aliphatic heterocycles. The Hall–Kier alpha value is -1.60. The van der Waals surface area contributed by atoms with Crippen molar-refractivity contribution in [3.8, 4) is 11.5 Å². The molecule has 0 spiro atoms. The van der Waals surface area contributed by atoms with E-state index in [-0.39, 0.29) is 11.8 Å². The summed E-state index contributed by atoms with van der Waals surface area (Å²) in [6, 6.07) is 13.2. The van der Waals surface area contributed by atoms with Crippen LogP contribution in [0.5, 0.6) is 0 Å². The van der Waals surface area contributed by atoms with E-state index in [1.165, 1.54) is 0 Å². The number of carbonyl (C=O) groups excluding carboxylic acids is 1. The van der Waals surface area contributed by atoms with E-state index in [9.17, 15) is 4.79 Å². The molecule has 0 saturated carbocycles. The number of fused-ring (bicyclic) bond motifs is 1. The highest BCUT2D eigenvalue weighted by Gasteiger charge is 2.09. The van der Waals surface area contributed by atoms with Gasteiger partial charge in [0.25, 0.3) is 0 Å². The quantitative estimate of drug-likeness (QED) is 0.516. The number of nitrogens with zero attached hydrogens (tertiary/aromatic N) is 1. The van der Waals surface area contributed by atoms with E-state index in [2.05, 4.69) is 32.9 Å². The standard InChI is InChI=1S/C15H10ClIN2O2/c16-8-14(20)18-11-5-6-13-12(7-11)19-15(21-13)9-1-3-10(17)4-2-9/h1-7H,8H2,(H,18,20). The zero-order chi connectivity index (χ0) is 14.8. The first-order valence-corrected chi connectivity index (χ1v) is 7.79. The third-order valence-corrected chi connectivity index (χ3v) is 3.85. The first-order chi connectivity index (χ1) is 10.2. The topological polar surface area (TPSA) is 55.1 Å². The molecular formula is C15H10ClIN2O2. The van der Waals surface area contributed by atoms with Crippen LogP contribution in [0.25, 0.3) is 22.6 Å². The van der Waals surface area contributed by atoms with Gasteiger partial charge in [0.2, 0.25) is 11.8 Å². The van der Waals surface area contributed by atoms with Gasteiger partial charge in [0, 0.05) is 14.8 Å². The first-order valence-electron chi connectivity index (χ1n) is 6.18. The molecular weight excluding hydrogens is 403 g/mol. The summed E-state index contributed by atoms with van der Waals surface area (Å²) in [4.78, 5) is 15.7. The number of rotatable bonds is 3. The largest absolute Gasteiger partial charge is 0.436 e. The van der Waals surface area contributed by atoms with Crippen molar-refractivity contribution in [2.75, 3.05) is 11.2 Å². The highest BCUT2D eigenvalue weighted by Crippen LogP contribution is 2.26. The Morgan fingerprint density at radius 3 is 2.71 bits per heavy atom. The van der Waals surface area contributed by atoms with Crippen LogP contribution in [-0.4, -0.2) is 16.8 Å². The maximum absolute atomic E-state index is 11.3. The third kappa shape index (κ3) is 3.19. The zero-order valence-electron chi connectivity index (χ0n) is 10.8. The lowest BCUT2D eigenvalue weighted by Gasteiger charge is -2.01. The van der Waals surface area contributed by atoms with Crippen molar-refractivity contribution < 1.29 is 9.21 Å². The van der Waals surface area contributed by atoms with Crippen molar-refractivity contribution in [3.63, 3.8) is 0 Å². The number of anilines is 1. The van der Waals surface area contributed by atoms with E-state index in [4.69, 9.17) is 16.0 Å². The monoisotopic (exact) mass is 412 g/mol. The second-order valence-electron chi connectivity index (χ2n) is 4.39. The number of halogens is 2. The Labute approximate surface area is 139 Å². The third-order valence-electron chi connectivity index (χ3n) is 2.88. The van der Waals surface area contributed by atoms with Crippen LogP contribution in [0.2, 0.25) is 0 Å². The molecule has 0 atom stereocenters. The summed E-state index contributed by atoms with van der Waals surface area (Å²) in [5, 5.41) is 2.69. The highest BCUT2D eigenvalue weighted by atomic mass is 127. The molecule has 0 unspecified atom stereocenters. The van der Waals surface area contributed by atoms with Crippen molar-refractivity contribution in [1.82, 2.24) is 4.98 Å². The minimum atomic E-state index is -0.252. The van der Waals surface area contributed by atoms with Crippen LogP contribution in [0.1, 0.15) is 0 Å². The second kappa shape index (κ2) is 6.03. The van der Waals surface area contributed by atoms with Crippen molar-refractivity contribution in [1.29, 1.82) is 0 Å². The van der Waals surface area contributed by atoms with E-state index < -0.39 is 0 Å². The van der Waals surface area contributed by atoms with Crippen LogP contribution < -0.4 is 5.32 Å². The number of nitrogens with one attached hydrogen (secondary N) is 1. The summed E-state index contributed by atoms with van der Waals surface area (Å²) < 4.78 is 6.88. The SMILES string of the molecule is O=C(CCl)Nc1ccc2oc(-c3ccc(I)cc3)nc2c1. The van der Waals surface area contributed by atoms with Gasteiger partial charge in [-0.25, -0.2) is 4.98 Å². The number of hydrogen-bond acceptors (Lipinski definition) is 3. The average Bonchev–Trinajstić information content (AvgIpc) is 2.91. The lowest BCUT2D eigenvalue weighted by molar-refractivity contribution is -0.113. The number of alkyl halides is 1. The molecule has 0 bridgehead atoms. The van der Waals surface area contributed by atoms with Crippen molar-refractivity contribution >= 4 is 56.9 Å². The molecule has 0 radical (unpaired) electrons. The van der Waals surface area contributed by atoms with Gasteiger partial charge >= 0.3 is 0 Å². The molecule has 1 heterocycles. The Kier molecular flexibility index (Phi) is 4.12. The summed E-state index contributed by atoms with van der Waals surface area (Å²) in [6.07, 6.45) is 0. The van der Waals surface area contributed by atoms with Gasteiger partial charge in [-0.3, -0.25) is 4.79 Å². The highest BCUT2D eigenvalue weighted by molar-refractivity contribution is 14.1. The molecule has 0 aliphatic carbocycles. The molecule has 3 rings (SSSR count). The average molecular weight is 413 g/mol. The zero-order valence-corrected chi connectivity index (χ0v) is 13.7. The van der Waals surface area contributed by atoms with Crippen LogP contribution in [0.15, 0.2) is 46.9 Å². The molecule has 2 aromatic carbocycles. The van der Waals surface area contributed by atoms with Crippen molar-refractivity contribution in [2.45, 2.75) is 0 Å². The van der Waals surface area contributed by atoms with Crippen molar-refractivity contribution in [2.24, 2.45) is 0 Å². The van der Waals surface area contributed by atoms with Crippen LogP contribution in [0.4, 0.5) is 5.69 Å². The van der Waals surface area contributed by atoms with Crippen LogP contribution in [0, 0.1) is 3.57 Å². The fraction of sp³-hybridized carbons (Fsp3) is 0.0667. The van der Waals surface area contributed by atoms with Crippen molar-refractivity contribution in [3.05, 3.63) is 46.0 Å². The number of oxazole rings is 1. The summed E-state index contributed by atoms with van der Waals surface area (Å²) in [5.74, 6) is 0.227. The second-order valence-corrected chi connectivity index (χ2v) is 5.90. The van der Waals surface area contributed by atoms with Crippen LogP contribution in [0.3, 0.4) is 0 Å². The van der Waals surface area contributed by atoms with E-state index in [1.54, 1.807) is 18.2 Å². The van der Waals surface area contributed by atoms with Gasteiger partial charge in [-0.1, -0.05) is 0 Å². The number of amides is 1. The van der Waals surface area contributed by atoms with E-state index in [0.717, 1.165) is 9.13 Å². The smallest absolute Gasteiger partial charge is 0.239 e. The Bertz CT molecular complexity index is 799. The van der Waals surface area contributed by atoms with Crippen LogP contribution >= 0.6 is 34.2 Å². The molecule has 3 aromatic rings. The molecule has 21 heavy (non-hydrogen) atoms. The molecule has 1 amide bonds. The molecule has 6 heteroatoms. The van der Waals surface area contributed by atoms with Gasteiger partial charge in [-0.05, 0) is 65.1 Å². The predicted octanol–water partition coefficient (Wildman–Crippen LogP) is 4.28. The summed E-state index contributed by atoms with van der Waals surface area (Å²) >= 11 is 7.72. The number of benzene rings is 2.